The van der Waals surface area contributed by atoms with Crippen molar-refractivity contribution >= 4 is 57.4 Å². The molecule has 0 atom stereocenters. The predicted molar refractivity (Wildman–Crippen MR) is 116 cm³/mol. The highest BCUT2D eigenvalue weighted by molar-refractivity contribution is 6.38. The molecule has 1 aromatic heterocycles. The van der Waals surface area contributed by atoms with Gasteiger partial charge in [0.05, 0.1) is 10.5 Å². The van der Waals surface area contributed by atoms with Gasteiger partial charge in [-0.1, -0.05) is 59.1 Å². The third kappa shape index (κ3) is 2.74. The molecule has 0 saturated heterocycles. The number of rotatable bonds is 1. The highest BCUT2D eigenvalue weighted by Gasteiger charge is 2.26. The molecule has 4 heteroatoms. The van der Waals surface area contributed by atoms with Gasteiger partial charge in [-0.3, -0.25) is 4.98 Å². The Balaban J connectivity index is 1.85. The molecule has 0 unspecified atom stereocenters. The largest absolute Gasteiger partial charge is 0.256 e. The fraction of sp³-hybridized carbons (Fsp3) is 0. The first-order valence-corrected chi connectivity index (χ1v) is 9.60. The lowest BCUT2D eigenvalue weighted by Crippen LogP contribution is -1.86. The summed E-state index contributed by atoms with van der Waals surface area (Å²) in [7, 11) is 0. The molecular weight excluding hydrogens is 397 g/mol. The van der Waals surface area contributed by atoms with E-state index in [4.69, 9.17) is 34.8 Å². The summed E-state index contributed by atoms with van der Waals surface area (Å²) in [6, 6.07) is 19.8. The van der Waals surface area contributed by atoms with Crippen LogP contribution in [0.5, 0.6) is 0 Å². The standard InChI is InChI=1S/C23H12Cl3N/c24-14-5-6-17-19(10-14)18(20-11-15(25)12-21(26)23(17)20)9-13-7-8-27-22-4-2-1-3-16(13)22/h1-12H/b18-9+. The van der Waals surface area contributed by atoms with Gasteiger partial charge < -0.3 is 0 Å². The van der Waals surface area contributed by atoms with Gasteiger partial charge in [-0.15, -0.1) is 0 Å². The normalized spacial score (nSPS) is 13.8. The number of pyridine rings is 1. The molecule has 0 saturated carbocycles. The lowest BCUT2D eigenvalue weighted by molar-refractivity contribution is 1.41. The number of hydrogen-bond donors (Lipinski definition) is 0. The van der Waals surface area contributed by atoms with Crippen LogP contribution in [0.15, 0.2) is 66.9 Å². The van der Waals surface area contributed by atoms with Gasteiger partial charge >= 0.3 is 0 Å². The molecule has 130 valence electrons. The van der Waals surface area contributed by atoms with Crippen LogP contribution in [0.25, 0.3) is 33.7 Å². The monoisotopic (exact) mass is 407 g/mol. The molecule has 5 rings (SSSR count). The van der Waals surface area contributed by atoms with Crippen LogP contribution >= 0.6 is 34.8 Å². The summed E-state index contributed by atoms with van der Waals surface area (Å²) in [5.41, 5.74) is 7.25. The number of hydrogen-bond acceptors (Lipinski definition) is 1. The molecule has 0 spiro atoms. The average Bonchev–Trinajstić information content (AvgIpc) is 2.95. The van der Waals surface area contributed by atoms with E-state index in [0.29, 0.717) is 15.1 Å². The number of nitrogens with zero attached hydrogens (tertiary/aromatic N) is 1. The minimum absolute atomic E-state index is 0.614. The highest BCUT2D eigenvalue weighted by Crippen LogP contribution is 2.50. The van der Waals surface area contributed by atoms with E-state index in [9.17, 15) is 0 Å². The van der Waals surface area contributed by atoms with Gasteiger partial charge in [0.25, 0.3) is 0 Å². The van der Waals surface area contributed by atoms with Crippen molar-refractivity contribution in [3.8, 4) is 11.1 Å². The van der Waals surface area contributed by atoms with E-state index in [1.807, 2.05) is 54.7 Å². The Morgan fingerprint density at radius 1 is 0.741 bits per heavy atom. The average molecular weight is 409 g/mol. The molecule has 0 N–H and O–H groups in total. The summed E-state index contributed by atoms with van der Waals surface area (Å²) in [4.78, 5) is 4.45. The van der Waals surface area contributed by atoms with Crippen molar-refractivity contribution in [1.82, 2.24) is 4.98 Å². The lowest BCUT2D eigenvalue weighted by Gasteiger charge is -2.07. The third-order valence-corrected chi connectivity index (χ3v) is 5.62. The topological polar surface area (TPSA) is 12.9 Å². The van der Waals surface area contributed by atoms with Crippen LogP contribution in [-0.4, -0.2) is 4.98 Å². The summed E-state index contributed by atoms with van der Waals surface area (Å²) < 4.78 is 0. The molecule has 1 heterocycles. The van der Waals surface area contributed by atoms with E-state index >= 15 is 0 Å². The zero-order chi connectivity index (χ0) is 18.5. The van der Waals surface area contributed by atoms with Crippen LogP contribution in [0.1, 0.15) is 16.7 Å². The van der Waals surface area contributed by atoms with Gasteiger partial charge in [0.1, 0.15) is 0 Å². The molecule has 4 aromatic rings. The Bertz CT molecular complexity index is 1250. The van der Waals surface area contributed by atoms with Crippen molar-refractivity contribution in [3.63, 3.8) is 0 Å². The SMILES string of the molecule is Clc1ccc2c(c1)/C(=C\c1ccnc3ccccc13)c1cc(Cl)cc(Cl)c1-2. The molecular formula is C23H12Cl3N. The van der Waals surface area contributed by atoms with Gasteiger partial charge in [-0.25, -0.2) is 0 Å². The Morgan fingerprint density at radius 2 is 1.56 bits per heavy atom. The predicted octanol–water partition coefficient (Wildman–Crippen LogP) is 7.76. The minimum atomic E-state index is 0.614. The zero-order valence-corrected chi connectivity index (χ0v) is 16.3. The highest BCUT2D eigenvalue weighted by atomic mass is 35.5. The van der Waals surface area contributed by atoms with Gasteiger partial charge in [0, 0.05) is 27.2 Å². The first-order chi connectivity index (χ1) is 13.1. The number of fused-ring (bicyclic) bond motifs is 4. The van der Waals surface area contributed by atoms with Crippen LogP contribution in [0, 0.1) is 0 Å². The Morgan fingerprint density at radius 3 is 2.44 bits per heavy atom. The summed E-state index contributed by atoms with van der Waals surface area (Å²) in [6.45, 7) is 0. The van der Waals surface area contributed by atoms with Crippen LogP contribution < -0.4 is 0 Å². The maximum atomic E-state index is 6.55. The van der Waals surface area contributed by atoms with E-state index in [2.05, 4.69) is 17.1 Å². The van der Waals surface area contributed by atoms with Gasteiger partial charge in [-0.2, -0.15) is 0 Å². The summed E-state index contributed by atoms with van der Waals surface area (Å²) in [5.74, 6) is 0. The Kier molecular flexibility index (Phi) is 3.98. The van der Waals surface area contributed by atoms with E-state index in [1.165, 1.54) is 0 Å². The second kappa shape index (κ2) is 6.38. The molecule has 0 fully saturated rings. The fourth-order valence-corrected chi connectivity index (χ4v) is 4.48. The third-order valence-electron chi connectivity index (χ3n) is 4.87. The van der Waals surface area contributed by atoms with Crippen molar-refractivity contribution in [1.29, 1.82) is 0 Å². The minimum Gasteiger partial charge on any atom is -0.256 e. The van der Waals surface area contributed by atoms with Crippen molar-refractivity contribution in [2.24, 2.45) is 0 Å². The molecule has 0 aliphatic heterocycles. The van der Waals surface area contributed by atoms with Gasteiger partial charge in [0.15, 0.2) is 0 Å². The van der Waals surface area contributed by atoms with Crippen LogP contribution in [0.4, 0.5) is 0 Å². The van der Waals surface area contributed by atoms with Crippen molar-refractivity contribution in [2.45, 2.75) is 0 Å². The van der Waals surface area contributed by atoms with Crippen LogP contribution in [0.3, 0.4) is 0 Å². The second-order valence-corrected chi connectivity index (χ2v) is 7.76. The molecule has 1 aliphatic rings. The molecule has 3 aromatic carbocycles. The zero-order valence-electron chi connectivity index (χ0n) is 14.0. The Hall–Kier alpha value is -2.32. The van der Waals surface area contributed by atoms with Gasteiger partial charge in [-0.05, 0) is 70.3 Å². The Labute approximate surface area is 171 Å². The molecule has 0 amide bonds. The lowest BCUT2D eigenvalue weighted by atomic mass is 9.99. The van der Waals surface area contributed by atoms with E-state index in [-0.39, 0.29) is 0 Å². The maximum Gasteiger partial charge on any atom is 0.0707 e. The summed E-state index contributed by atoms with van der Waals surface area (Å²) >= 11 is 19.2. The summed E-state index contributed by atoms with van der Waals surface area (Å²) in [5, 5.41) is 3.04. The fourth-order valence-electron chi connectivity index (χ4n) is 3.72. The second-order valence-electron chi connectivity index (χ2n) is 6.48. The summed E-state index contributed by atoms with van der Waals surface area (Å²) in [6.07, 6.45) is 3.99. The number of benzene rings is 3. The number of aromatic nitrogens is 1. The van der Waals surface area contributed by atoms with Crippen molar-refractivity contribution in [2.75, 3.05) is 0 Å². The van der Waals surface area contributed by atoms with E-state index in [0.717, 1.165) is 44.3 Å². The van der Waals surface area contributed by atoms with Crippen LogP contribution in [-0.2, 0) is 0 Å². The molecule has 1 nitrogen and oxygen atoms in total. The van der Waals surface area contributed by atoms with Crippen LogP contribution in [0.2, 0.25) is 15.1 Å². The molecule has 27 heavy (non-hydrogen) atoms. The number of halogens is 3. The van der Waals surface area contributed by atoms with E-state index in [1.54, 1.807) is 6.07 Å². The first kappa shape index (κ1) is 16.8. The smallest absolute Gasteiger partial charge is 0.0707 e. The van der Waals surface area contributed by atoms with Crippen molar-refractivity contribution < 1.29 is 0 Å². The van der Waals surface area contributed by atoms with E-state index < -0.39 is 0 Å². The first-order valence-electron chi connectivity index (χ1n) is 8.47. The molecule has 0 radical (unpaired) electrons. The maximum absolute atomic E-state index is 6.55. The van der Waals surface area contributed by atoms with Crippen molar-refractivity contribution in [3.05, 3.63) is 98.6 Å². The quantitative estimate of drug-likeness (QED) is 0.276. The molecule has 0 bridgehead atoms. The molecule has 1 aliphatic carbocycles. The number of para-hydroxylation sites is 1. The van der Waals surface area contributed by atoms with Gasteiger partial charge in [0.2, 0.25) is 0 Å².